The number of nitrogens with zero attached hydrogens (tertiary/aromatic N) is 3. The Hall–Kier alpha value is -1.24. The molecule has 0 bridgehead atoms. The van der Waals surface area contributed by atoms with Gasteiger partial charge in [-0.3, -0.25) is 4.79 Å². The van der Waals surface area contributed by atoms with Gasteiger partial charge in [-0.05, 0) is 38.8 Å². The average Bonchev–Trinajstić information content (AvgIpc) is 3.09. The zero-order chi connectivity index (χ0) is 18.7. The molecule has 2 aromatic rings. The molecule has 1 saturated heterocycles. The van der Waals surface area contributed by atoms with Gasteiger partial charge in [0.2, 0.25) is 5.91 Å². The van der Waals surface area contributed by atoms with Gasteiger partial charge in [0.05, 0.1) is 12.1 Å². The molecule has 0 saturated carbocycles. The number of likely N-dealkylation sites (N-methyl/N-ethyl adjacent to an activating group) is 1. The van der Waals surface area contributed by atoms with Crippen molar-refractivity contribution in [3.05, 3.63) is 39.8 Å². The van der Waals surface area contributed by atoms with Crippen LogP contribution in [0.4, 0.5) is 0 Å². The van der Waals surface area contributed by atoms with Crippen LogP contribution in [0.2, 0.25) is 0 Å². The maximum atomic E-state index is 12.7. The number of benzene rings is 1. The molecular weight excluding hydrogens is 410 g/mol. The first-order valence-corrected chi connectivity index (χ1v) is 10.8. The van der Waals surface area contributed by atoms with Crippen LogP contribution in [0, 0.1) is 0 Å². The van der Waals surface area contributed by atoms with Crippen LogP contribution in [0.3, 0.4) is 0 Å². The van der Waals surface area contributed by atoms with Crippen LogP contribution in [-0.4, -0.2) is 52.9 Å². The largest absolute Gasteiger partial charge is 0.342 e. The maximum Gasteiger partial charge on any atom is 0.228 e. The van der Waals surface area contributed by atoms with Crippen molar-refractivity contribution in [2.45, 2.75) is 45.2 Å². The third-order valence-corrected chi connectivity index (χ3v) is 6.56. The van der Waals surface area contributed by atoms with Gasteiger partial charge in [-0.1, -0.05) is 28.1 Å². The maximum absolute atomic E-state index is 12.7. The lowest BCUT2D eigenvalue weighted by Crippen LogP contribution is -2.47. The van der Waals surface area contributed by atoms with Crippen molar-refractivity contribution in [3.63, 3.8) is 0 Å². The molecule has 1 aromatic heterocycles. The molecule has 26 heavy (non-hydrogen) atoms. The highest BCUT2D eigenvalue weighted by Gasteiger charge is 2.26. The van der Waals surface area contributed by atoms with Crippen molar-refractivity contribution in [1.82, 2.24) is 14.8 Å². The SMILES string of the molecule is CC(C)N1CCC(N(C)C(=O)Cc2csc(-c3cccc(Br)c3)n2)CC1. The molecule has 2 heterocycles. The van der Waals surface area contributed by atoms with Crippen molar-refractivity contribution in [2.75, 3.05) is 20.1 Å². The second-order valence-electron chi connectivity index (χ2n) is 7.20. The van der Waals surface area contributed by atoms with Crippen LogP contribution in [0.1, 0.15) is 32.4 Å². The average molecular weight is 436 g/mol. The Labute approximate surface area is 168 Å². The fourth-order valence-electron chi connectivity index (χ4n) is 3.42. The third kappa shape index (κ3) is 4.72. The predicted octanol–water partition coefficient (Wildman–Crippen LogP) is 4.45. The summed E-state index contributed by atoms with van der Waals surface area (Å²) in [7, 11) is 1.94. The highest BCUT2D eigenvalue weighted by Crippen LogP contribution is 2.26. The van der Waals surface area contributed by atoms with Crippen LogP contribution in [0.25, 0.3) is 10.6 Å². The molecule has 1 aliphatic rings. The van der Waals surface area contributed by atoms with E-state index in [0.29, 0.717) is 18.5 Å². The highest BCUT2D eigenvalue weighted by atomic mass is 79.9. The number of hydrogen-bond acceptors (Lipinski definition) is 4. The van der Waals surface area contributed by atoms with Crippen LogP contribution < -0.4 is 0 Å². The molecule has 1 fully saturated rings. The summed E-state index contributed by atoms with van der Waals surface area (Å²) in [6, 6.07) is 9.04. The molecule has 0 aliphatic carbocycles. The Morgan fingerprint density at radius 2 is 2.12 bits per heavy atom. The van der Waals surface area contributed by atoms with Gasteiger partial charge >= 0.3 is 0 Å². The van der Waals surface area contributed by atoms with Crippen molar-refractivity contribution in [3.8, 4) is 10.6 Å². The standard InChI is InChI=1S/C20H26BrN3OS/c1-14(2)24-9-7-18(8-10-24)23(3)19(25)12-17-13-26-20(22-17)15-5-4-6-16(21)11-15/h4-6,11,13-14,18H,7-10,12H2,1-3H3. The Balaban J connectivity index is 1.58. The molecule has 1 amide bonds. The topological polar surface area (TPSA) is 36.4 Å². The number of likely N-dealkylation sites (tertiary alicyclic amines) is 1. The summed E-state index contributed by atoms with van der Waals surface area (Å²) in [4.78, 5) is 21.8. The van der Waals surface area contributed by atoms with Crippen LogP contribution in [0.5, 0.6) is 0 Å². The molecule has 0 radical (unpaired) electrons. The third-order valence-electron chi connectivity index (χ3n) is 5.13. The fraction of sp³-hybridized carbons (Fsp3) is 0.500. The molecular formula is C20H26BrN3OS. The Bertz CT molecular complexity index is 753. The fourth-order valence-corrected chi connectivity index (χ4v) is 4.63. The Kier molecular flexibility index (Phi) is 6.48. The minimum atomic E-state index is 0.166. The number of hydrogen-bond donors (Lipinski definition) is 0. The summed E-state index contributed by atoms with van der Waals surface area (Å²) in [5.74, 6) is 0.166. The van der Waals surface area contributed by atoms with E-state index < -0.39 is 0 Å². The number of thiazole rings is 1. The first-order chi connectivity index (χ1) is 12.4. The first kappa shape index (κ1) is 19.5. The summed E-state index contributed by atoms with van der Waals surface area (Å²) in [6.45, 7) is 6.62. The zero-order valence-electron chi connectivity index (χ0n) is 15.6. The minimum absolute atomic E-state index is 0.166. The molecule has 0 unspecified atom stereocenters. The van der Waals surface area contributed by atoms with E-state index in [9.17, 15) is 4.79 Å². The van der Waals surface area contributed by atoms with Gasteiger partial charge in [0, 0.05) is 47.6 Å². The highest BCUT2D eigenvalue weighted by molar-refractivity contribution is 9.10. The molecule has 1 aromatic carbocycles. The molecule has 0 spiro atoms. The summed E-state index contributed by atoms with van der Waals surface area (Å²) in [6.07, 6.45) is 2.49. The van der Waals surface area contributed by atoms with Gasteiger partial charge in [0.25, 0.3) is 0 Å². The first-order valence-electron chi connectivity index (χ1n) is 9.14. The van der Waals surface area contributed by atoms with E-state index in [1.54, 1.807) is 11.3 Å². The second kappa shape index (κ2) is 8.63. The zero-order valence-corrected chi connectivity index (χ0v) is 18.0. The number of aromatic nitrogens is 1. The van der Waals surface area contributed by atoms with Gasteiger partial charge in [0.15, 0.2) is 0 Å². The molecule has 3 rings (SSSR count). The van der Waals surface area contributed by atoms with Crippen LogP contribution in [-0.2, 0) is 11.2 Å². The minimum Gasteiger partial charge on any atom is -0.342 e. The quantitative estimate of drug-likeness (QED) is 0.695. The van der Waals surface area contributed by atoms with Gasteiger partial charge in [-0.2, -0.15) is 0 Å². The molecule has 1 aliphatic heterocycles. The lowest BCUT2D eigenvalue weighted by molar-refractivity contribution is -0.132. The normalized spacial score (nSPS) is 16.2. The van der Waals surface area contributed by atoms with Crippen molar-refractivity contribution in [2.24, 2.45) is 0 Å². The molecule has 0 N–H and O–H groups in total. The van der Waals surface area contributed by atoms with E-state index in [1.807, 2.05) is 35.5 Å². The van der Waals surface area contributed by atoms with E-state index in [-0.39, 0.29) is 5.91 Å². The van der Waals surface area contributed by atoms with Gasteiger partial charge < -0.3 is 9.80 Å². The number of carbonyl (C=O) groups excluding carboxylic acids is 1. The van der Waals surface area contributed by atoms with Crippen molar-refractivity contribution in [1.29, 1.82) is 0 Å². The van der Waals surface area contributed by atoms with Gasteiger partial charge in [0.1, 0.15) is 5.01 Å². The molecule has 140 valence electrons. The number of carbonyl (C=O) groups is 1. The van der Waals surface area contributed by atoms with E-state index in [0.717, 1.165) is 46.7 Å². The number of piperidine rings is 1. The molecule has 4 nitrogen and oxygen atoms in total. The lowest BCUT2D eigenvalue weighted by Gasteiger charge is -2.38. The van der Waals surface area contributed by atoms with E-state index in [2.05, 4.69) is 45.7 Å². The summed E-state index contributed by atoms with van der Waals surface area (Å²) in [5, 5.41) is 2.96. The predicted molar refractivity (Wildman–Crippen MR) is 111 cm³/mol. The van der Waals surface area contributed by atoms with Crippen molar-refractivity contribution >= 4 is 33.2 Å². The Morgan fingerprint density at radius 3 is 2.77 bits per heavy atom. The molecule has 6 heteroatoms. The monoisotopic (exact) mass is 435 g/mol. The number of rotatable bonds is 5. The van der Waals surface area contributed by atoms with Gasteiger partial charge in [-0.15, -0.1) is 11.3 Å². The van der Waals surface area contributed by atoms with Gasteiger partial charge in [-0.25, -0.2) is 4.98 Å². The number of amides is 1. The lowest BCUT2D eigenvalue weighted by atomic mass is 10.0. The smallest absolute Gasteiger partial charge is 0.228 e. The van der Waals surface area contributed by atoms with E-state index in [4.69, 9.17) is 0 Å². The summed E-state index contributed by atoms with van der Waals surface area (Å²) >= 11 is 5.09. The second-order valence-corrected chi connectivity index (χ2v) is 8.97. The molecule has 0 atom stereocenters. The van der Waals surface area contributed by atoms with E-state index in [1.165, 1.54) is 0 Å². The number of halogens is 1. The summed E-state index contributed by atoms with van der Waals surface area (Å²) < 4.78 is 1.04. The summed E-state index contributed by atoms with van der Waals surface area (Å²) in [5.41, 5.74) is 1.94. The Morgan fingerprint density at radius 1 is 1.38 bits per heavy atom. The van der Waals surface area contributed by atoms with Crippen molar-refractivity contribution < 1.29 is 4.79 Å². The van der Waals surface area contributed by atoms with Crippen LogP contribution in [0.15, 0.2) is 34.1 Å². The van der Waals surface area contributed by atoms with Crippen LogP contribution >= 0.6 is 27.3 Å². The van der Waals surface area contributed by atoms with E-state index >= 15 is 0 Å².